The fourth-order valence-electron chi connectivity index (χ4n) is 1.66. The Hall–Kier alpha value is -1.74. The van der Waals surface area contributed by atoms with Gasteiger partial charge in [-0.1, -0.05) is 24.8 Å². The van der Waals surface area contributed by atoms with Crippen molar-refractivity contribution in [1.82, 2.24) is 4.57 Å². The van der Waals surface area contributed by atoms with Crippen molar-refractivity contribution < 1.29 is 9.47 Å². The number of benzene rings is 1. The Morgan fingerprint density at radius 2 is 2.12 bits per heavy atom. The van der Waals surface area contributed by atoms with Gasteiger partial charge in [0.2, 0.25) is 0 Å². The molecule has 0 aliphatic heterocycles. The van der Waals surface area contributed by atoms with Gasteiger partial charge >= 0.3 is 0 Å². The highest BCUT2D eigenvalue weighted by atomic mass is 16.7. The minimum Gasteiger partial charge on any atom is -0.471 e. The van der Waals surface area contributed by atoms with Crippen molar-refractivity contribution in [3.8, 4) is 0 Å². The highest BCUT2D eigenvalue weighted by Gasteiger charge is 2.01. The lowest BCUT2D eigenvalue weighted by Crippen LogP contribution is -2.03. The molecular weight excluding hydrogens is 202 g/mol. The summed E-state index contributed by atoms with van der Waals surface area (Å²) in [6.45, 7) is 4.75. The van der Waals surface area contributed by atoms with Gasteiger partial charge in [0, 0.05) is 18.8 Å². The molecule has 2 aromatic rings. The molecule has 0 bridgehead atoms. The Morgan fingerprint density at radius 3 is 2.94 bits per heavy atom. The summed E-state index contributed by atoms with van der Waals surface area (Å²) in [5.41, 5.74) is 1.18. The van der Waals surface area contributed by atoms with Crippen LogP contribution in [0.3, 0.4) is 0 Å². The molecule has 0 unspecified atom stereocenters. The standard InChI is InChI=1S/C13H15NO2/c1-11(16-10-15-2)9-14-8-7-12-5-3-4-6-13(12)14/h3-8H,1,9-10H2,2H3. The van der Waals surface area contributed by atoms with Gasteiger partial charge in [0.15, 0.2) is 6.79 Å². The lowest BCUT2D eigenvalue weighted by Gasteiger charge is -2.09. The van der Waals surface area contributed by atoms with Gasteiger partial charge in [-0.3, -0.25) is 0 Å². The van der Waals surface area contributed by atoms with Crippen LogP contribution in [0, 0.1) is 0 Å². The number of methoxy groups -OCH3 is 1. The van der Waals surface area contributed by atoms with E-state index in [1.165, 1.54) is 10.9 Å². The molecule has 1 aromatic carbocycles. The maximum absolute atomic E-state index is 5.28. The molecule has 0 aliphatic rings. The summed E-state index contributed by atoms with van der Waals surface area (Å²) in [5, 5.41) is 1.22. The van der Waals surface area contributed by atoms with E-state index in [2.05, 4.69) is 29.3 Å². The molecule has 0 spiro atoms. The number of ether oxygens (including phenoxy) is 2. The van der Waals surface area contributed by atoms with Crippen molar-refractivity contribution in [2.45, 2.75) is 6.54 Å². The number of fused-ring (bicyclic) bond motifs is 1. The Bertz CT molecular complexity index is 487. The van der Waals surface area contributed by atoms with Crippen LogP contribution in [-0.4, -0.2) is 18.5 Å². The van der Waals surface area contributed by atoms with E-state index in [1.54, 1.807) is 7.11 Å². The molecule has 0 saturated carbocycles. The van der Waals surface area contributed by atoms with Crippen LogP contribution < -0.4 is 0 Å². The smallest absolute Gasteiger partial charge is 0.188 e. The van der Waals surface area contributed by atoms with E-state index in [4.69, 9.17) is 9.47 Å². The molecule has 1 aromatic heterocycles. The second kappa shape index (κ2) is 4.86. The maximum Gasteiger partial charge on any atom is 0.188 e. The Morgan fingerprint density at radius 1 is 1.31 bits per heavy atom. The monoisotopic (exact) mass is 217 g/mol. The van der Waals surface area contributed by atoms with Crippen molar-refractivity contribution >= 4 is 10.9 Å². The number of hydrogen-bond acceptors (Lipinski definition) is 2. The van der Waals surface area contributed by atoms with Gasteiger partial charge < -0.3 is 14.0 Å². The molecule has 0 saturated heterocycles. The van der Waals surface area contributed by atoms with Crippen molar-refractivity contribution in [3.05, 3.63) is 48.9 Å². The SMILES string of the molecule is C=C(Cn1ccc2ccccc21)OCOC. The zero-order valence-electron chi connectivity index (χ0n) is 9.35. The van der Waals surface area contributed by atoms with Gasteiger partial charge in [0.1, 0.15) is 5.76 Å². The number of para-hydroxylation sites is 1. The number of hydrogen-bond donors (Lipinski definition) is 0. The fraction of sp³-hybridized carbons (Fsp3) is 0.231. The van der Waals surface area contributed by atoms with Gasteiger partial charge in [-0.05, 0) is 17.5 Å². The van der Waals surface area contributed by atoms with E-state index >= 15 is 0 Å². The second-order valence-corrected chi connectivity index (χ2v) is 3.59. The molecule has 84 valence electrons. The topological polar surface area (TPSA) is 23.4 Å². The van der Waals surface area contributed by atoms with Crippen LogP contribution in [0.5, 0.6) is 0 Å². The van der Waals surface area contributed by atoms with Crippen LogP contribution in [0.25, 0.3) is 10.9 Å². The minimum atomic E-state index is 0.248. The van der Waals surface area contributed by atoms with E-state index in [0.717, 1.165) is 0 Å². The predicted molar refractivity (Wildman–Crippen MR) is 64.0 cm³/mol. The molecule has 0 N–H and O–H groups in total. The van der Waals surface area contributed by atoms with E-state index in [9.17, 15) is 0 Å². The highest BCUT2D eigenvalue weighted by Crippen LogP contribution is 2.16. The largest absolute Gasteiger partial charge is 0.471 e. The molecule has 2 rings (SSSR count). The van der Waals surface area contributed by atoms with Crippen molar-refractivity contribution in [1.29, 1.82) is 0 Å². The first kappa shape index (κ1) is 10.8. The van der Waals surface area contributed by atoms with Crippen molar-refractivity contribution in [3.63, 3.8) is 0 Å². The van der Waals surface area contributed by atoms with Crippen LogP contribution in [0.2, 0.25) is 0 Å². The molecule has 16 heavy (non-hydrogen) atoms. The van der Waals surface area contributed by atoms with Gasteiger partial charge in [-0.25, -0.2) is 0 Å². The molecule has 0 amide bonds. The van der Waals surface area contributed by atoms with Gasteiger partial charge in [-0.15, -0.1) is 0 Å². The van der Waals surface area contributed by atoms with Crippen LogP contribution in [0.1, 0.15) is 0 Å². The summed E-state index contributed by atoms with van der Waals surface area (Å²) < 4.78 is 12.2. The van der Waals surface area contributed by atoms with Crippen LogP contribution in [0.4, 0.5) is 0 Å². The fourth-order valence-corrected chi connectivity index (χ4v) is 1.66. The van der Waals surface area contributed by atoms with E-state index in [-0.39, 0.29) is 6.79 Å². The number of nitrogens with zero attached hydrogens (tertiary/aromatic N) is 1. The summed E-state index contributed by atoms with van der Waals surface area (Å²) in [4.78, 5) is 0. The highest BCUT2D eigenvalue weighted by molar-refractivity contribution is 5.79. The second-order valence-electron chi connectivity index (χ2n) is 3.59. The molecular formula is C13H15NO2. The Balaban J connectivity index is 2.12. The van der Waals surface area contributed by atoms with Crippen LogP contribution in [-0.2, 0) is 16.0 Å². The quantitative estimate of drug-likeness (QED) is 0.568. The Labute approximate surface area is 94.9 Å². The van der Waals surface area contributed by atoms with E-state index in [1.807, 2.05) is 18.3 Å². The third-order valence-corrected chi connectivity index (χ3v) is 2.41. The number of aromatic nitrogens is 1. The third kappa shape index (κ3) is 2.25. The van der Waals surface area contributed by atoms with Gasteiger partial charge in [-0.2, -0.15) is 0 Å². The molecule has 0 aliphatic carbocycles. The number of rotatable bonds is 5. The predicted octanol–water partition coefficient (Wildman–Crippen LogP) is 2.78. The van der Waals surface area contributed by atoms with Crippen LogP contribution >= 0.6 is 0 Å². The normalized spacial score (nSPS) is 10.6. The number of allylic oxidation sites excluding steroid dienone is 1. The summed E-state index contributed by atoms with van der Waals surface area (Å²) in [7, 11) is 1.60. The summed E-state index contributed by atoms with van der Waals surface area (Å²) >= 11 is 0. The van der Waals surface area contributed by atoms with Gasteiger partial charge in [0.05, 0.1) is 6.54 Å². The molecule has 3 heteroatoms. The third-order valence-electron chi connectivity index (χ3n) is 2.41. The minimum absolute atomic E-state index is 0.248. The molecule has 3 nitrogen and oxygen atoms in total. The molecule has 1 heterocycles. The molecule has 0 radical (unpaired) electrons. The van der Waals surface area contributed by atoms with E-state index in [0.29, 0.717) is 12.3 Å². The van der Waals surface area contributed by atoms with Crippen LogP contribution in [0.15, 0.2) is 48.9 Å². The molecule has 0 fully saturated rings. The summed E-state index contributed by atoms with van der Waals surface area (Å²) in [5.74, 6) is 0.697. The lowest BCUT2D eigenvalue weighted by molar-refractivity contribution is 0.00202. The average molecular weight is 217 g/mol. The van der Waals surface area contributed by atoms with E-state index < -0.39 is 0 Å². The average Bonchev–Trinajstić information content (AvgIpc) is 2.70. The van der Waals surface area contributed by atoms with Crippen molar-refractivity contribution in [2.24, 2.45) is 0 Å². The first-order valence-corrected chi connectivity index (χ1v) is 5.14. The first-order chi connectivity index (χ1) is 7.81. The summed E-state index contributed by atoms with van der Waals surface area (Å²) in [6, 6.07) is 10.3. The zero-order chi connectivity index (χ0) is 11.4. The zero-order valence-corrected chi connectivity index (χ0v) is 9.35. The Kier molecular flexibility index (Phi) is 3.27. The maximum atomic E-state index is 5.28. The summed E-state index contributed by atoms with van der Waals surface area (Å²) in [6.07, 6.45) is 2.03. The lowest BCUT2D eigenvalue weighted by atomic mass is 10.2. The van der Waals surface area contributed by atoms with Gasteiger partial charge in [0.25, 0.3) is 0 Å². The van der Waals surface area contributed by atoms with Crippen molar-refractivity contribution in [2.75, 3.05) is 13.9 Å². The molecule has 0 atom stereocenters. The first-order valence-electron chi connectivity index (χ1n) is 5.14.